The van der Waals surface area contributed by atoms with Crippen molar-refractivity contribution in [3.8, 4) is 0 Å². The van der Waals surface area contributed by atoms with Gasteiger partial charge in [-0.2, -0.15) is 0 Å². The molecule has 3 N–H and O–H groups in total. The van der Waals surface area contributed by atoms with E-state index >= 15 is 0 Å². The van der Waals surface area contributed by atoms with Crippen LogP contribution in [0.5, 0.6) is 0 Å². The molecule has 0 fully saturated rings. The summed E-state index contributed by atoms with van der Waals surface area (Å²) in [4.78, 5) is 46.8. The standard InChI is InChI=1S/C10H10N2O6/c13-7-3-6(1-2-11-7)10(18)12(4-8(14)15)5-9(16)17/h1-3H,4-5H2,(H,11,13)(H,14,15)(H,16,17). The number of hydrogen-bond acceptors (Lipinski definition) is 4. The maximum atomic E-state index is 11.8. The van der Waals surface area contributed by atoms with Crippen LogP contribution in [0.25, 0.3) is 0 Å². The fraction of sp³-hybridized carbons (Fsp3) is 0.200. The summed E-state index contributed by atoms with van der Waals surface area (Å²) in [6, 6.07) is 2.24. The van der Waals surface area contributed by atoms with Crippen molar-refractivity contribution >= 4 is 17.8 Å². The van der Waals surface area contributed by atoms with Gasteiger partial charge in [0, 0.05) is 17.8 Å². The van der Waals surface area contributed by atoms with Crippen LogP contribution in [0.2, 0.25) is 0 Å². The second kappa shape index (κ2) is 5.62. The van der Waals surface area contributed by atoms with Crippen molar-refractivity contribution in [1.82, 2.24) is 9.88 Å². The van der Waals surface area contributed by atoms with Gasteiger partial charge in [-0.3, -0.25) is 19.2 Å². The molecule has 0 atom stereocenters. The Labute approximate surface area is 100 Å². The van der Waals surface area contributed by atoms with Crippen LogP contribution in [0, 0.1) is 0 Å². The summed E-state index contributed by atoms with van der Waals surface area (Å²) in [6.07, 6.45) is 1.22. The first-order valence-corrected chi connectivity index (χ1v) is 4.81. The van der Waals surface area contributed by atoms with E-state index in [-0.39, 0.29) is 5.56 Å². The first-order chi connectivity index (χ1) is 8.40. The second-order valence-corrected chi connectivity index (χ2v) is 3.39. The molecule has 0 saturated carbocycles. The Morgan fingerprint density at radius 3 is 2.17 bits per heavy atom. The Kier molecular flexibility index (Phi) is 4.19. The van der Waals surface area contributed by atoms with Gasteiger partial charge in [0.25, 0.3) is 5.91 Å². The average Bonchev–Trinajstić information content (AvgIpc) is 2.26. The number of aromatic nitrogens is 1. The van der Waals surface area contributed by atoms with Gasteiger partial charge in [-0.15, -0.1) is 0 Å². The predicted molar refractivity (Wildman–Crippen MR) is 58.2 cm³/mol. The molecule has 1 aromatic heterocycles. The molecule has 0 bridgehead atoms. The third-order valence-electron chi connectivity index (χ3n) is 1.96. The number of nitrogens with one attached hydrogen (secondary N) is 1. The molecule has 18 heavy (non-hydrogen) atoms. The summed E-state index contributed by atoms with van der Waals surface area (Å²) in [7, 11) is 0. The molecule has 0 aromatic carbocycles. The van der Waals surface area contributed by atoms with E-state index in [0.717, 1.165) is 6.07 Å². The number of hydrogen-bond donors (Lipinski definition) is 3. The number of aliphatic carboxylic acids is 2. The third kappa shape index (κ3) is 3.74. The Morgan fingerprint density at radius 2 is 1.72 bits per heavy atom. The van der Waals surface area contributed by atoms with Crippen LogP contribution in [-0.2, 0) is 9.59 Å². The van der Waals surface area contributed by atoms with Crippen LogP contribution in [0.4, 0.5) is 0 Å². The maximum Gasteiger partial charge on any atom is 0.323 e. The minimum absolute atomic E-state index is 0.0683. The summed E-state index contributed by atoms with van der Waals surface area (Å²) in [5.74, 6) is -3.50. The topological polar surface area (TPSA) is 128 Å². The molecule has 0 saturated heterocycles. The van der Waals surface area contributed by atoms with Gasteiger partial charge in [-0.05, 0) is 6.07 Å². The lowest BCUT2D eigenvalue weighted by molar-refractivity contribution is -0.140. The van der Waals surface area contributed by atoms with Crippen LogP contribution in [0.3, 0.4) is 0 Å². The third-order valence-corrected chi connectivity index (χ3v) is 1.96. The SMILES string of the molecule is O=C(O)CN(CC(=O)O)C(=O)c1cc[nH]c(=O)c1. The maximum absolute atomic E-state index is 11.8. The number of H-pyrrole nitrogens is 1. The number of nitrogens with zero attached hydrogens (tertiary/aromatic N) is 1. The molecule has 1 heterocycles. The molecule has 8 heteroatoms. The Morgan fingerprint density at radius 1 is 1.17 bits per heavy atom. The first-order valence-electron chi connectivity index (χ1n) is 4.81. The molecule has 1 rings (SSSR count). The van der Waals surface area contributed by atoms with Crippen LogP contribution in [-0.4, -0.2) is 51.0 Å². The van der Waals surface area contributed by atoms with Crippen molar-refractivity contribution in [3.63, 3.8) is 0 Å². The van der Waals surface area contributed by atoms with E-state index < -0.39 is 36.5 Å². The summed E-state index contributed by atoms with van der Waals surface area (Å²) in [5.41, 5.74) is -0.604. The number of carbonyl (C=O) groups excluding carboxylic acids is 1. The lowest BCUT2D eigenvalue weighted by atomic mass is 10.2. The first kappa shape index (κ1) is 13.4. The normalized spacial score (nSPS) is 9.78. The van der Waals surface area contributed by atoms with Crippen molar-refractivity contribution in [2.45, 2.75) is 0 Å². The quantitative estimate of drug-likeness (QED) is 0.617. The van der Waals surface area contributed by atoms with E-state index in [2.05, 4.69) is 4.98 Å². The minimum Gasteiger partial charge on any atom is -0.480 e. The highest BCUT2D eigenvalue weighted by atomic mass is 16.4. The number of carboxylic acid groups (broad SMARTS) is 2. The van der Waals surface area contributed by atoms with Crippen molar-refractivity contribution in [3.05, 3.63) is 34.2 Å². The van der Waals surface area contributed by atoms with Crippen LogP contribution in [0.1, 0.15) is 10.4 Å². The number of rotatable bonds is 5. The number of amides is 1. The Balaban J connectivity index is 2.97. The molecule has 96 valence electrons. The highest BCUT2D eigenvalue weighted by Gasteiger charge is 2.21. The van der Waals surface area contributed by atoms with E-state index in [1.54, 1.807) is 0 Å². The average molecular weight is 254 g/mol. The highest BCUT2D eigenvalue weighted by Crippen LogP contribution is 2.01. The lowest BCUT2D eigenvalue weighted by Crippen LogP contribution is -2.39. The monoisotopic (exact) mass is 254 g/mol. The minimum atomic E-state index is -1.34. The smallest absolute Gasteiger partial charge is 0.323 e. The number of carbonyl (C=O) groups is 3. The van der Waals surface area contributed by atoms with Crippen LogP contribution in [0.15, 0.2) is 23.1 Å². The highest BCUT2D eigenvalue weighted by molar-refractivity contribution is 5.97. The molecule has 1 amide bonds. The zero-order valence-corrected chi connectivity index (χ0v) is 9.12. The number of aromatic amines is 1. The Bertz CT molecular complexity index is 519. The molecule has 0 aliphatic heterocycles. The van der Waals surface area contributed by atoms with Crippen molar-refractivity contribution in [1.29, 1.82) is 0 Å². The fourth-order valence-electron chi connectivity index (χ4n) is 1.29. The molecule has 0 aliphatic carbocycles. The van der Waals surface area contributed by atoms with Crippen molar-refractivity contribution < 1.29 is 24.6 Å². The van der Waals surface area contributed by atoms with Crippen molar-refractivity contribution in [2.24, 2.45) is 0 Å². The fourth-order valence-corrected chi connectivity index (χ4v) is 1.29. The summed E-state index contributed by atoms with van der Waals surface area (Å²) in [6.45, 7) is -1.50. The molecule has 0 radical (unpaired) electrons. The van der Waals surface area contributed by atoms with Crippen LogP contribution >= 0.6 is 0 Å². The molecule has 8 nitrogen and oxygen atoms in total. The lowest BCUT2D eigenvalue weighted by Gasteiger charge is -2.18. The van der Waals surface area contributed by atoms with Gasteiger partial charge >= 0.3 is 11.9 Å². The van der Waals surface area contributed by atoms with E-state index in [1.165, 1.54) is 12.3 Å². The molecule has 1 aromatic rings. The molecule has 0 spiro atoms. The number of carboxylic acids is 2. The van der Waals surface area contributed by atoms with Gasteiger partial charge in [-0.1, -0.05) is 0 Å². The summed E-state index contributed by atoms with van der Waals surface area (Å²) < 4.78 is 0. The number of pyridine rings is 1. The Hall–Kier alpha value is -2.64. The zero-order valence-electron chi connectivity index (χ0n) is 9.12. The predicted octanol–water partition coefficient (Wildman–Crippen LogP) is -1.01. The largest absolute Gasteiger partial charge is 0.480 e. The van der Waals surface area contributed by atoms with E-state index in [1.807, 2.05) is 0 Å². The molecule has 0 unspecified atom stereocenters. The van der Waals surface area contributed by atoms with Gasteiger partial charge in [0.1, 0.15) is 13.1 Å². The molecule has 0 aliphatic rings. The molecular formula is C10H10N2O6. The summed E-state index contributed by atoms with van der Waals surface area (Å²) in [5, 5.41) is 17.2. The zero-order chi connectivity index (χ0) is 13.7. The van der Waals surface area contributed by atoms with E-state index in [4.69, 9.17) is 10.2 Å². The molecular weight excluding hydrogens is 244 g/mol. The van der Waals surface area contributed by atoms with Gasteiger partial charge in [0.2, 0.25) is 5.56 Å². The van der Waals surface area contributed by atoms with Gasteiger partial charge in [0.15, 0.2) is 0 Å². The van der Waals surface area contributed by atoms with Gasteiger partial charge in [-0.25, -0.2) is 0 Å². The van der Waals surface area contributed by atoms with E-state index in [9.17, 15) is 19.2 Å². The second-order valence-electron chi connectivity index (χ2n) is 3.39. The van der Waals surface area contributed by atoms with Crippen LogP contribution < -0.4 is 5.56 Å². The van der Waals surface area contributed by atoms with Crippen molar-refractivity contribution in [2.75, 3.05) is 13.1 Å². The summed E-state index contributed by atoms with van der Waals surface area (Å²) >= 11 is 0. The van der Waals surface area contributed by atoms with Gasteiger partial charge in [0.05, 0.1) is 0 Å². The van der Waals surface area contributed by atoms with E-state index in [0.29, 0.717) is 4.90 Å². The van der Waals surface area contributed by atoms with Gasteiger partial charge < -0.3 is 20.1 Å².